The number of hydrogen-bond donors (Lipinski definition) is 0. The number of nitrogens with zero attached hydrogens (tertiary/aromatic N) is 2. The Balaban J connectivity index is 3.00. The molecule has 0 radical (unpaired) electrons. The van der Waals surface area contributed by atoms with Crippen molar-refractivity contribution < 1.29 is 19.1 Å². The van der Waals surface area contributed by atoms with Crippen molar-refractivity contribution in [1.82, 2.24) is 4.90 Å². The van der Waals surface area contributed by atoms with E-state index in [1.54, 1.807) is 13.8 Å². The van der Waals surface area contributed by atoms with Crippen LogP contribution in [0, 0.1) is 16.7 Å². The van der Waals surface area contributed by atoms with Gasteiger partial charge in [0.2, 0.25) is 5.91 Å². The summed E-state index contributed by atoms with van der Waals surface area (Å²) in [6.45, 7) is 4.40. The molecule has 1 heterocycles. The summed E-state index contributed by atoms with van der Waals surface area (Å²) in [7, 11) is 1.27. The van der Waals surface area contributed by atoms with E-state index in [0.29, 0.717) is 26.0 Å². The van der Waals surface area contributed by atoms with E-state index in [-0.39, 0.29) is 12.5 Å². The van der Waals surface area contributed by atoms with Crippen LogP contribution in [-0.4, -0.2) is 49.7 Å². The fourth-order valence-corrected chi connectivity index (χ4v) is 2.21. The second-order valence-corrected chi connectivity index (χ2v) is 4.51. The topological polar surface area (TPSA) is 79.6 Å². The van der Waals surface area contributed by atoms with Gasteiger partial charge in [-0.2, -0.15) is 5.26 Å². The quantitative estimate of drug-likeness (QED) is 0.702. The lowest BCUT2D eigenvalue weighted by Crippen LogP contribution is -2.56. The predicted octanol–water partition coefficient (Wildman–Crippen LogP) is 0.717. The third-order valence-electron chi connectivity index (χ3n) is 3.69. The summed E-state index contributed by atoms with van der Waals surface area (Å²) < 4.78 is 9.91. The number of carbonyl (C=O) groups is 2. The Kier molecular flexibility index (Phi) is 5.31. The Labute approximate surface area is 113 Å². The van der Waals surface area contributed by atoms with Gasteiger partial charge in [0.05, 0.1) is 26.4 Å². The molecule has 0 bridgehead atoms. The Hall–Kier alpha value is -1.61. The molecule has 0 saturated carbocycles. The standard InChI is InChI=1S/C13H20N2O4/c1-4-13(5-2,9-14)12(17)15-6-7-19-8-10(15)11(16)18-3/h10H,4-8H2,1-3H3. The molecule has 0 aromatic carbocycles. The molecule has 0 aromatic heterocycles. The van der Waals surface area contributed by atoms with Crippen LogP contribution in [0.1, 0.15) is 26.7 Å². The van der Waals surface area contributed by atoms with E-state index in [1.165, 1.54) is 12.0 Å². The third kappa shape index (κ3) is 2.87. The van der Waals surface area contributed by atoms with Crippen molar-refractivity contribution in [3.63, 3.8) is 0 Å². The normalized spacial score (nSPS) is 19.7. The number of esters is 1. The van der Waals surface area contributed by atoms with Crippen molar-refractivity contribution in [2.24, 2.45) is 5.41 Å². The fourth-order valence-electron chi connectivity index (χ4n) is 2.21. The zero-order valence-corrected chi connectivity index (χ0v) is 11.6. The van der Waals surface area contributed by atoms with E-state index >= 15 is 0 Å². The Bertz CT molecular complexity index is 385. The van der Waals surface area contributed by atoms with Crippen molar-refractivity contribution >= 4 is 11.9 Å². The van der Waals surface area contributed by atoms with Gasteiger partial charge in [0.15, 0.2) is 6.04 Å². The summed E-state index contributed by atoms with van der Waals surface area (Å²) in [4.78, 5) is 25.7. The van der Waals surface area contributed by atoms with Crippen LogP contribution in [0.5, 0.6) is 0 Å². The summed E-state index contributed by atoms with van der Waals surface area (Å²) in [6.07, 6.45) is 0.841. The van der Waals surface area contributed by atoms with E-state index in [0.717, 1.165) is 0 Å². The highest BCUT2D eigenvalue weighted by Gasteiger charge is 2.43. The van der Waals surface area contributed by atoms with Crippen molar-refractivity contribution in [1.29, 1.82) is 5.26 Å². The third-order valence-corrected chi connectivity index (χ3v) is 3.69. The lowest BCUT2D eigenvalue weighted by atomic mass is 9.82. The van der Waals surface area contributed by atoms with E-state index < -0.39 is 17.4 Å². The molecule has 0 spiro atoms. The molecule has 1 amide bonds. The van der Waals surface area contributed by atoms with Gasteiger partial charge in [0, 0.05) is 6.54 Å². The van der Waals surface area contributed by atoms with Crippen LogP contribution in [0.4, 0.5) is 0 Å². The molecule has 1 aliphatic heterocycles. The first-order chi connectivity index (χ1) is 9.06. The van der Waals surface area contributed by atoms with Gasteiger partial charge >= 0.3 is 5.97 Å². The number of hydrogen-bond acceptors (Lipinski definition) is 5. The number of morpholine rings is 1. The van der Waals surface area contributed by atoms with Crippen LogP contribution < -0.4 is 0 Å². The Morgan fingerprint density at radius 1 is 1.47 bits per heavy atom. The van der Waals surface area contributed by atoms with Crippen molar-refractivity contribution in [3.05, 3.63) is 0 Å². The summed E-state index contributed by atoms with van der Waals surface area (Å²) in [5, 5.41) is 9.31. The second kappa shape index (κ2) is 6.53. The molecular weight excluding hydrogens is 248 g/mol. The molecule has 6 heteroatoms. The van der Waals surface area contributed by atoms with Crippen molar-refractivity contribution in [3.8, 4) is 6.07 Å². The summed E-state index contributed by atoms with van der Waals surface area (Å²) >= 11 is 0. The maximum Gasteiger partial charge on any atom is 0.331 e. The molecule has 0 aromatic rings. The number of nitriles is 1. The van der Waals surface area contributed by atoms with Crippen LogP contribution >= 0.6 is 0 Å². The number of carbonyl (C=O) groups excluding carboxylic acids is 2. The van der Waals surface area contributed by atoms with Gasteiger partial charge in [-0.3, -0.25) is 4.79 Å². The summed E-state index contributed by atoms with van der Waals surface area (Å²) in [5.41, 5.74) is -1.07. The number of methoxy groups -OCH3 is 1. The first-order valence-electron chi connectivity index (χ1n) is 6.44. The molecule has 1 atom stereocenters. The first kappa shape index (κ1) is 15.4. The van der Waals surface area contributed by atoms with E-state index in [1.807, 2.05) is 0 Å². The molecule has 1 rings (SSSR count). The molecule has 6 nitrogen and oxygen atoms in total. The molecule has 0 aliphatic carbocycles. The van der Waals surface area contributed by atoms with Gasteiger partial charge in [-0.1, -0.05) is 13.8 Å². The highest BCUT2D eigenvalue weighted by Crippen LogP contribution is 2.29. The molecule has 106 valence electrons. The highest BCUT2D eigenvalue weighted by atomic mass is 16.5. The summed E-state index contributed by atoms with van der Waals surface area (Å²) in [5.74, 6) is -0.814. The molecule has 1 saturated heterocycles. The SMILES string of the molecule is CCC(C#N)(CC)C(=O)N1CCOCC1C(=O)OC. The van der Waals surface area contributed by atoms with Gasteiger partial charge in [0.25, 0.3) is 0 Å². The van der Waals surface area contributed by atoms with Gasteiger partial charge < -0.3 is 14.4 Å². The Morgan fingerprint density at radius 3 is 2.58 bits per heavy atom. The lowest BCUT2D eigenvalue weighted by Gasteiger charge is -2.38. The highest BCUT2D eigenvalue weighted by molar-refractivity contribution is 5.90. The summed E-state index contributed by atoms with van der Waals surface area (Å²) in [6, 6.07) is 1.35. The van der Waals surface area contributed by atoms with Gasteiger partial charge in [-0.15, -0.1) is 0 Å². The van der Waals surface area contributed by atoms with Crippen molar-refractivity contribution in [2.75, 3.05) is 26.9 Å². The fraction of sp³-hybridized carbons (Fsp3) is 0.769. The van der Waals surface area contributed by atoms with E-state index in [9.17, 15) is 14.9 Å². The monoisotopic (exact) mass is 268 g/mol. The second-order valence-electron chi connectivity index (χ2n) is 4.51. The maximum absolute atomic E-state index is 12.6. The lowest BCUT2D eigenvalue weighted by molar-refractivity contribution is -0.164. The molecule has 1 fully saturated rings. The van der Waals surface area contributed by atoms with Crippen LogP contribution in [0.2, 0.25) is 0 Å². The van der Waals surface area contributed by atoms with E-state index in [4.69, 9.17) is 4.74 Å². The molecule has 0 N–H and O–H groups in total. The molecule has 1 unspecified atom stereocenters. The van der Waals surface area contributed by atoms with Crippen LogP contribution in [0.15, 0.2) is 0 Å². The minimum Gasteiger partial charge on any atom is -0.467 e. The minimum absolute atomic E-state index is 0.118. The van der Waals surface area contributed by atoms with Gasteiger partial charge in [0.1, 0.15) is 5.41 Å². The number of ether oxygens (including phenoxy) is 2. The van der Waals surface area contributed by atoms with Crippen molar-refractivity contribution in [2.45, 2.75) is 32.7 Å². The largest absolute Gasteiger partial charge is 0.467 e. The first-order valence-corrected chi connectivity index (χ1v) is 6.44. The van der Waals surface area contributed by atoms with Crippen LogP contribution in [0.3, 0.4) is 0 Å². The van der Waals surface area contributed by atoms with E-state index in [2.05, 4.69) is 10.8 Å². The maximum atomic E-state index is 12.6. The minimum atomic E-state index is -1.07. The Morgan fingerprint density at radius 2 is 2.11 bits per heavy atom. The van der Waals surface area contributed by atoms with Crippen LogP contribution in [-0.2, 0) is 19.1 Å². The number of rotatable bonds is 4. The average Bonchev–Trinajstić information content (AvgIpc) is 2.48. The zero-order valence-electron chi connectivity index (χ0n) is 11.6. The zero-order chi connectivity index (χ0) is 14.5. The average molecular weight is 268 g/mol. The van der Waals surface area contributed by atoms with Gasteiger partial charge in [-0.25, -0.2) is 4.79 Å². The number of amides is 1. The molecular formula is C13H20N2O4. The molecule has 1 aliphatic rings. The molecule has 19 heavy (non-hydrogen) atoms. The smallest absolute Gasteiger partial charge is 0.331 e. The predicted molar refractivity (Wildman–Crippen MR) is 67.0 cm³/mol. The van der Waals surface area contributed by atoms with Gasteiger partial charge in [-0.05, 0) is 12.8 Å². The van der Waals surface area contributed by atoms with Crippen LogP contribution in [0.25, 0.3) is 0 Å².